The Hall–Kier alpha value is -3.74. The van der Waals surface area contributed by atoms with Crippen molar-refractivity contribution in [2.75, 3.05) is 19.8 Å². The van der Waals surface area contributed by atoms with Crippen LogP contribution in [0.1, 0.15) is 43.9 Å². The highest BCUT2D eigenvalue weighted by molar-refractivity contribution is 6.67. The Bertz CT molecular complexity index is 1780. The second-order valence-electron chi connectivity index (χ2n) is 14.5. The Kier molecular flexibility index (Phi) is 18.1. The predicted molar refractivity (Wildman–Crippen MR) is 221 cm³/mol. The number of nitrogens with one attached hydrogen (secondary N) is 2. The summed E-state index contributed by atoms with van der Waals surface area (Å²) in [4.78, 5) is 40.6. The number of hydrogen-bond donors (Lipinski definition) is 4. The van der Waals surface area contributed by atoms with Crippen molar-refractivity contribution in [1.82, 2.24) is 15.5 Å². The highest BCUT2D eigenvalue weighted by atomic mass is 35.6. The molecule has 60 heavy (non-hydrogen) atoms. The first-order valence-corrected chi connectivity index (χ1v) is 20.7. The molecule has 3 amide bonds. The molecule has 2 aliphatic rings. The Morgan fingerprint density at radius 1 is 0.717 bits per heavy atom. The van der Waals surface area contributed by atoms with Gasteiger partial charge in [0.05, 0.1) is 25.4 Å². The molecule has 0 saturated carbocycles. The summed E-state index contributed by atoms with van der Waals surface area (Å²) in [5.41, 5.74) is 2.61. The third kappa shape index (κ3) is 14.4. The molecule has 0 spiro atoms. The van der Waals surface area contributed by atoms with Gasteiger partial charge in [-0.25, -0.2) is 9.59 Å². The summed E-state index contributed by atoms with van der Waals surface area (Å²) in [6.07, 6.45) is -10.5. The summed E-state index contributed by atoms with van der Waals surface area (Å²) in [5.74, 6) is -0.448. The van der Waals surface area contributed by atoms with Crippen molar-refractivity contribution in [3.05, 3.63) is 108 Å². The van der Waals surface area contributed by atoms with Crippen molar-refractivity contribution in [2.24, 2.45) is 0 Å². The fraction of sp³-hybridized carbons (Fsp3) is 0.500. The minimum Gasteiger partial charge on any atom is -0.445 e. The molecule has 2 heterocycles. The summed E-state index contributed by atoms with van der Waals surface area (Å²) in [6.45, 7) is 4.84. The predicted octanol–water partition coefficient (Wildman–Crippen LogP) is 5.38. The monoisotopic (exact) mass is 895 g/mol. The van der Waals surface area contributed by atoms with Crippen LogP contribution < -0.4 is 10.6 Å². The van der Waals surface area contributed by atoms with E-state index in [9.17, 15) is 24.6 Å². The van der Waals surface area contributed by atoms with Gasteiger partial charge in [0.2, 0.25) is 9.70 Å². The molecule has 2 fully saturated rings. The van der Waals surface area contributed by atoms with E-state index in [4.69, 9.17) is 68.0 Å². The number of carbonyl (C=O) groups is 3. The Balaban J connectivity index is 1.34. The molecule has 3 aromatic carbocycles. The number of halogens is 3. The van der Waals surface area contributed by atoms with Crippen LogP contribution in [0.3, 0.4) is 0 Å². The average Bonchev–Trinajstić information content (AvgIpc) is 3.22. The topological polar surface area (TPSA) is 184 Å². The zero-order valence-corrected chi connectivity index (χ0v) is 35.7. The zero-order chi connectivity index (χ0) is 43.2. The highest BCUT2D eigenvalue weighted by Crippen LogP contribution is 2.32. The molecule has 0 radical (unpaired) electrons. The van der Waals surface area contributed by atoms with E-state index in [-0.39, 0.29) is 26.4 Å². The number of alkyl carbamates (subject to hydrolysis) is 1. The lowest BCUT2D eigenvalue weighted by Crippen LogP contribution is -2.69. The molecule has 10 atom stereocenters. The molecular weight excluding hydrogens is 845 g/mol. The van der Waals surface area contributed by atoms with Crippen molar-refractivity contribution in [1.29, 1.82) is 0 Å². The lowest BCUT2D eigenvalue weighted by Gasteiger charge is -2.49. The van der Waals surface area contributed by atoms with E-state index in [1.807, 2.05) is 91.0 Å². The molecule has 2 aliphatic heterocycles. The number of benzene rings is 3. The summed E-state index contributed by atoms with van der Waals surface area (Å²) in [7, 11) is 0. The van der Waals surface area contributed by atoms with Gasteiger partial charge in [0.1, 0.15) is 49.7 Å². The molecule has 328 valence electrons. The smallest absolute Gasteiger partial charge is 0.410 e. The number of alkyl halides is 3. The van der Waals surface area contributed by atoms with E-state index in [1.54, 1.807) is 11.8 Å². The van der Waals surface area contributed by atoms with E-state index in [0.29, 0.717) is 13.0 Å². The second kappa shape index (κ2) is 22.9. The molecule has 0 unspecified atom stereocenters. The maximum absolute atomic E-state index is 13.4. The SMILES string of the molecule is CC(=O)N[C@H]1[C@@H](OCCCN(Cc2ccccc2)C(=O)OCc2ccccc2)O[C@H](C)[C@@H](OCc2ccccc2)[C@@H]1O[C@@H]1O[C@@H](C)[C@@H](O)[C@@H](O)[C@@H]1NC(=O)OCC(Cl)(Cl)Cl. The molecule has 0 aliphatic carbocycles. The lowest BCUT2D eigenvalue weighted by atomic mass is 9.94. The summed E-state index contributed by atoms with van der Waals surface area (Å²) in [5, 5.41) is 27.3. The van der Waals surface area contributed by atoms with E-state index in [2.05, 4.69) is 10.6 Å². The summed E-state index contributed by atoms with van der Waals surface area (Å²) in [6, 6.07) is 25.8. The largest absolute Gasteiger partial charge is 0.445 e. The number of aliphatic hydroxyl groups excluding tert-OH is 2. The number of ether oxygens (including phenoxy) is 7. The summed E-state index contributed by atoms with van der Waals surface area (Å²) < 4.78 is 40.5. The van der Waals surface area contributed by atoms with Gasteiger partial charge in [-0.15, -0.1) is 0 Å². The molecule has 15 nitrogen and oxygen atoms in total. The van der Waals surface area contributed by atoms with Crippen molar-refractivity contribution in [3.8, 4) is 0 Å². The number of aliphatic hydroxyl groups is 2. The number of nitrogens with zero attached hydrogens (tertiary/aromatic N) is 1. The van der Waals surface area contributed by atoms with Gasteiger partial charge in [-0.3, -0.25) is 4.79 Å². The minimum absolute atomic E-state index is 0.0775. The van der Waals surface area contributed by atoms with E-state index in [0.717, 1.165) is 16.7 Å². The molecule has 2 saturated heterocycles. The van der Waals surface area contributed by atoms with Crippen LogP contribution in [0.2, 0.25) is 0 Å². The van der Waals surface area contributed by atoms with Crippen molar-refractivity contribution in [3.63, 3.8) is 0 Å². The van der Waals surface area contributed by atoms with Gasteiger partial charge < -0.3 is 58.9 Å². The zero-order valence-electron chi connectivity index (χ0n) is 33.4. The average molecular weight is 897 g/mol. The normalized spacial score (nSPS) is 26.7. The molecule has 18 heteroatoms. The second-order valence-corrected chi connectivity index (χ2v) is 17.0. The Morgan fingerprint density at radius 2 is 1.30 bits per heavy atom. The third-order valence-electron chi connectivity index (χ3n) is 9.76. The lowest BCUT2D eigenvalue weighted by molar-refractivity contribution is -0.326. The molecule has 3 aromatic rings. The first-order valence-electron chi connectivity index (χ1n) is 19.5. The number of amides is 3. The van der Waals surface area contributed by atoms with E-state index in [1.165, 1.54) is 13.8 Å². The number of rotatable bonds is 17. The van der Waals surface area contributed by atoms with Gasteiger partial charge in [0.25, 0.3) is 0 Å². The quantitative estimate of drug-likeness (QED) is 0.100. The fourth-order valence-electron chi connectivity index (χ4n) is 6.77. The van der Waals surface area contributed by atoms with Crippen LogP contribution in [-0.2, 0) is 57.7 Å². The van der Waals surface area contributed by atoms with Crippen LogP contribution in [0.15, 0.2) is 91.0 Å². The molecule has 0 bridgehead atoms. The van der Waals surface area contributed by atoms with Crippen LogP contribution in [0.4, 0.5) is 9.59 Å². The molecule has 5 rings (SSSR count). The number of hydrogen-bond acceptors (Lipinski definition) is 12. The maximum atomic E-state index is 13.4. The van der Waals surface area contributed by atoms with Crippen molar-refractivity contribution >= 4 is 52.9 Å². The van der Waals surface area contributed by atoms with Gasteiger partial charge in [0, 0.05) is 20.0 Å². The van der Waals surface area contributed by atoms with Crippen LogP contribution in [0.25, 0.3) is 0 Å². The standard InChI is InChI=1S/C42H52Cl3N3O12/c1-26-34(50)35(51)32(47-40(52)57-25-42(43,44)45)39(58-26)60-37-33(46-28(3)49)38(59-27(2)36(37)55-23-30-16-9-5-10-17-30)54-21-13-20-48(22-29-14-7-4-8-15-29)41(53)56-24-31-18-11-6-12-19-31/h4-12,14-19,26-27,32-39,50-51H,13,20-25H2,1-3H3,(H,46,49)(H,47,52)/t26-,27+,32-,33+,34+,35-,36+,37+,38-,39-/m0/s1. The van der Waals surface area contributed by atoms with E-state index >= 15 is 0 Å². The van der Waals surface area contributed by atoms with Gasteiger partial charge in [-0.1, -0.05) is 126 Å². The molecular formula is C42H52Cl3N3O12. The fourth-order valence-corrected chi connectivity index (χ4v) is 6.93. The maximum Gasteiger partial charge on any atom is 0.410 e. The van der Waals surface area contributed by atoms with Crippen molar-refractivity contribution in [2.45, 2.75) is 112 Å². The summed E-state index contributed by atoms with van der Waals surface area (Å²) >= 11 is 17.3. The van der Waals surface area contributed by atoms with Gasteiger partial charge in [-0.05, 0) is 37.0 Å². The van der Waals surface area contributed by atoms with Gasteiger partial charge in [-0.2, -0.15) is 0 Å². The van der Waals surface area contributed by atoms with Gasteiger partial charge in [0.15, 0.2) is 12.6 Å². The van der Waals surface area contributed by atoms with Crippen LogP contribution in [0, 0.1) is 0 Å². The Morgan fingerprint density at radius 3 is 1.90 bits per heavy atom. The number of carbonyl (C=O) groups excluding carboxylic acids is 3. The first-order chi connectivity index (χ1) is 28.7. The molecule has 0 aromatic heterocycles. The van der Waals surface area contributed by atoms with Crippen LogP contribution >= 0.6 is 34.8 Å². The van der Waals surface area contributed by atoms with Crippen LogP contribution in [0.5, 0.6) is 0 Å². The van der Waals surface area contributed by atoms with Gasteiger partial charge >= 0.3 is 12.2 Å². The van der Waals surface area contributed by atoms with Crippen molar-refractivity contribution < 1.29 is 57.8 Å². The minimum atomic E-state index is -1.92. The third-order valence-corrected chi connectivity index (χ3v) is 10.1. The first kappa shape index (κ1) is 47.3. The molecule has 4 N–H and O–H groups in total. The Labute approximate surface area is 364 Å². The van der Waals surface area contributed by atoms with E-state index < -0.39 is 89.8 Å². The highest BCUT2D eigenvalue weighted by Gasteiger charge is 2.52. The van der Waals surface area contributed by atoms with Crippen LogP contribution in [-0.4, -0.2) is 118 Å².